The zero-order chi connectivity index (χ0) is 18.3. The highest BCUT2D eigenvalue weighted by atomic mass is 16.6. The quantitative estimate of drug-likeness (QED) is 0.537. The first kappa shape index (κ1) is 16.7. The molecule has 25 heavy (non-hydrogen) atoms. The summed E-state index contributed by atoms with van der Waals surface area (Å²) in [6.07, 6.45) is 2.13. The normalized spacial score (nSPS) is 35.3. The summed E-state index contributed by atoms with van der Waals surface area (Å²) in [4.78, 5) is 13.0. The van der Waals surface area contributed by atoms with Crippen molar-refractivity contribution in [2.24, 2.45) is 17.1 Å². The molecule has 1 saturated heterocycles. The van der Waals surface area contributed by atoms with Gasteiger partial charge < -0.3 is 20.7 Å². The molecule has 2 unspecified atom stereocenters. The zero-order valence-electron chi connectivity index (χ0n) is 15.3. The summed E-state index contributed by atoms with van der Waals surface area (Å²) in [6, 6.07) is 1.38. The summed E-state index contributed by atoms with van der Waals surface area (Å²) >= 11 is 0. The highest BCUT2D eigenvalue weighted by Crippen LogP contribution is 2.66. The van der Waals surface area contributed by atoms with Gasteiger partial charge in [-0.15, -0.1) is 0 Å². The van der Waals surface area contributed by atoms with Crippen molar-refractivity contribution >= 4 is 5.97 Å². The van der Waals surface area contributed by atoms with Gasteiger partial charge in [0.1, 0.15) is 11.5 Å². The van der Waals surface area contributed by atoms with Crippen molar-refractivity contribution in [3.63, 3.8) is 0 Å². The van der Waals surface area contributed by atoms with Crippen LogP contribution in [0.5, 0.6) is 11.5 Å². The third-order valence-electron chi connectivity index (χ3n) is 6.82. The van der Waals surface area contributed by atoms with Crippen LogP contribution in [0.15, 0.2) is 6.07 Å². The van der Waals surface area contributed by atoms with Gasteiger partial charge in [-0.05, 0) is 35.8 Å². The van der Waals surface area contributed by atoms with Gasteiger partial charge in [0.2, 0.25) is 0 Å². The van der Waals surface area contributed by atoms with E-state index in [1.165, 1.54) is 0 Å². The van der Waals surface area contributed by atoms with Crippen molar-refractivity contribution in [2.75, 3.05) is 0 Å². The minimum absolute atomic E-state index is 0.0377. The van der Waals surface area contributed by atoms with Gasteiger partial charge in [-0.25, -0.2) is 0 Å². The minimum Gasteiger partial charge on any atom is -0.504 e. The largest absolute Gasteiger partial charge is 0.504 e. The van der Waals surface area contributed by atoms with E-state index in [1.807, 2.05) is 19.9 Å². The van der Waals surface area contributed by atoms with Gasteiger partial charge >= 0.3 is 5.97 Å². The summed E-state index contributed by atoms with van der Waals surface area (Å²) in [6.45, 7) is 8.21. The number of aromatic hydroxyl groups is 2. The number of ether oxygens (including phenoxy) is 1. The lowest BCUT2D eigenvalue weighted by molar-refractivity contribution is -0.146. The van der Waals surface area contributed by atoms with Crippen LogP contribution < -0.4 is 5.73 Å². The van der Waals surface area contributed by atoms with E-state index in [1.54, 1.807) is 0 Å². The maximum atomic E-state index is 13.0. The second-order valence-electron chi connectivity index (χ2n) is 8.97. The lowest BCUT2D eigenvalue weighted by Gasteiger charge is -2.51. The Bertz CT molecular complexity index is 769. The zero-order valence-corrected chi connectivity index (χ0v) is 15.3. The standard InChI is InChI=1S/C20H27NO4/c1-9(2)10-8-11-12(15(23)14(10)22)20-7-5-6-19(3,4)17(20)16(13(11)21)25-18(20)24/h8-9,13,16-17,22-23H,5-7,21H2,1-4H3/t13-,16?,17-,20?/m1/s1. The third-order valence-corrected chi connectivity index (χ3v) is 6.82. The highest BCUT2D eigenvalue weighted by Gasteiger charge is 2.69. The fourth-order valence-electron chi connectivity index (χ4n) is 5.76. The van der Waals surface area contributed by atoms with Crippen LogP contribution in [0.4, 0.5) is 0 Å². The van der Waals surface area contributed by atoms with Crippen molar-refractivity contribution in [3.05, 3.63) is 22.8 Å². The number of carbonyl (C=O) groups excluding carboxylic acids is 1. The lowest BCUT2D eigenvalue weighted by Crippen LogP contribution is -2.55. The predicted molar refractivity (Wildman–Crippen MR) is 93.5 cm³/mol. The summed E-state index contributed by atoms with van der Waals surface area (Å²) < 4.78 is 5.79. The molecule has 4 rings (SSSR count). The number of nitrogens with two attached hydrogens (primary N) is 1. The van der Waals surface area contributed by atoms with Crippen molar-refractivity contribution < 1.29 is 19.7 Å². The number of phenolic OH excluding ortho intramolecular Hbond substituents is 2. The first-order valence-electron chi connectivity index (χ1n) is 9.19. The predicted octanol–water partition coefficient (Wildman–Crippen LogP) is 3.22. The van der Waals surface area contributed by atoms with Crippen LogP contribution in [0.25, 0.3) is 0 Å². The van der Waals surface area contributed by atoms with Crippen LogP contribution in [0.1, 0.15) is 75.6 Å². The molecule has 2 bridgehead atoms. The molecular weight excluding hydrogens is 318 g/mol. The van der Waals surface area contributed by atoms with Crippen LogP contribution in [0, 0.1) is 11.3 Å². The molecule has 2 aliphatic carbocycles. The van der Waals surface area contributed by atoms with E-state index in [4.69, 9.17) is 10.5 Å². The smallest absolute Gasteiger partial charge is 0.317 e. The molecule has 136 valence electrons. The maximum absolute atomic E-state index is 13.0. The third kappa shape index (κ3) is 1.85. The van der Waals surface area contributed by atoms with Crippen molar-refractivity contribution in [2.45, 2.75) is 70.4 Å². The van der Waals surface area contributed by atoms with Crippen molar-refractivity contribution in [1.29, 1.82) is 0 Å². The Morgan fingerprint density at radius 1 is 1.24 bits per heavy atom. The van der Waals surface area contributed by atoms with E-state index in [0.717, 1.165) is 18.4 Å². The number of hydrogen-bond acceptors (Lipinski definition) is 5. The molecule has 4 N–H and O–H groups in total. The molecule has 5 nitrogen and oxygen atoms in total. The lowest BCUT2D eigenvalue weighted by atomic mass is 9.49. The molecule has 0 aromatic heterocycles. The Morgan fingerprint density at radius 2 is 1.92 bits per heavy atom. The van der Waals surface area contributed by atoms with Crippen LogP contribution in [-0.4, -0.2) is 22.3 Å². The summed E-state index contributed by atoms with van der Waals surface area (Å²) in [5, 5.41) is 21.5. The Labute approximate surface area is 148 Å². The van der Waals surface area contributed by atoms with Crippen LogP contribution in [0.3, 0.4) is 0 Å². The van der Waals surface area contributed by atoms with E-state index in [-0.39, 0.29) is 40.8 Å². The molecule has 5 heteroatoms. The first-order valence-corrected chi connectivity index (χ1v) is 9.19. The Balaban J connectivity index is 2.06. The van der Waals surface area contributed by atoms with E-state index >= 15 is 0 Å². The molecule has 1 aromatic carbocycles. The second-order valence-corrected chi connectivity index (χ2v) is 8.97. The molecule has 1 saturated carbocycles. The molecule has 1 heterocycles. The molecule has 0 radical (unpaired) electrons. The molecule has 2 fully saturated rings. The number of benzene rings is 1. The average Bonchev–Trinajstić information content (AvgIpc) is 2.79. The van der Waals surface area contributed by atoms with Gasteiger partial charge in [0.25, 0.3) is 0 Å². The number of rotatable bonds is 1. The SMILES string of the molecule is CC(C)c1cc2c(c(O)c1O)C13CCCC(C)(C)[C@H]1C(OC3=O)[C@@H]2N. The summed E-state index contributed by atoms with van der Waals surface area (Å²) in [5.74, 6) is -0.654. The molecule has 1 aromatic rings. The van der Waals surface area contributed by atoms with E-state index in [9.17, 15) is 15.0 Å². The van der Waals surface area contributed by atoms with Gasteiger partial charge in [-0.3, -0.25) is 4.79 Å². The van der Waals surface area contributed by atoms with E-state index in [0.29, 0.717) is 17.5 Å². The second kappa shape index (κ2) is 4.91. The maximum Gasteiger partial charge on any atom is 0.317 e. The first-order chi connectivity index (χ1) is 11.6. The molecule has 4 atom stereocenters. The highest BCUT2D eigenvalue weighted by molar-refractivity contribution is 5.90. The van der Waals surface area contributed by atoms with Gasteiger partial charge in [0, 0.05) is 17.0 Å². The Kier molecular flexibility index (Phi) is 3.28. The van der Waals surface area contributed by atoms with Crippen molar-refractivity contribution in [1.82, 2.24) is 0 Å². The molecule has 0 spiro atoms. The number of carbonyl (C=O) groups is 1. The van der Waals surface area contributed by atoms with Gasteiger partial charge in [0.15, 0.2) is 11.5 Å². The summed E-state index contributed by atoms with van der Waals surface area (Å²) in [5.41, 5.74) is 7.44. The molecule has 1 aliphatic heterocycles. The molecular formula is C20H27NO4. The monoisotopic (exact) mass is 345 g/mol. The average molecular weight is 345 g/mol. The topological polar surface area (TPSA) is 92.8 Å². The van der Waals surface area contributed by atoms with E-state index < -0.39 is 11.5 Å². The Hall–Kier alpha value is -1.75. The number of esters is 1. The molecule has 3 aliphatic rings. The Morgan fingerprint density at radius 3 is 2.56 bits per heavy atom. The van der Waals surface area contributed by atoms with E-state index in [2.05, 4.69) is 13.8 Å². The van der Waals surface area contributed by atoms with Crippen LogP contribution >= 0.6 is 0 Å². The summed E-state index contributed by atoms with van der Waals surface area (Å²) in [7, 11) is 0. The van der Waals surface area contributed by atoms with Crippen LogP contribution in [-0.2, 0) is 14.9 Å². The minimum atomic E-state index is -0.894. The number of phenols is 2. The number of hydrogen-bond donors (Lipinski definition) is 3. The van der Waals surface area contributed by atoms with Gasteiger partial charge in [-0.2, -0.15) is 0 Å². The van der Waals surface area contributed by atoms with Gasteiger partial charge in [-0.1, -0.05) is 34.1 Å². The number of fused-ring (bicyclic) bond motifs is 1. The van der Waals surface area contributed by atoms with Crippen LogP contribution in [0.2, 0.25) is 0 Å². The fourth-order valence-corrected chi connectivity index (χ4v) is 5.76. The van der Waals surface area contributed by atoms with Gasteiger partial charge in [0.05, 0.1) is 6.04 Å². The molecule has 0 amide bonds. The van der Waals surface area contributed by atoms with Crippen molar-refractivity contribution in [3.8, 4) is 11.5 Å². The fraction of sp³-hybridized carbons (Fsp3) is 0.650.